The van der Waals surface area contributed by atoms with Crippen LogP contribution in [0.2, 0.25) is 0 Å². The van der Waals surface area contributed by atoms with E-state index in [0.29, 0.717) is 38.3 Å². The first-order chi connectivity index (χ1) is 15.2. The van der Waals surface area contributed by atoms with E-state index in [1.54, 1.807) is 4.90 Å². The zero-order valence-corrected chi connectivity index (χ0v) is 18.2. The number of carbonyl (C=O) groups excluding carboxylic acids is 2. The molecule has 0 radical (unpaired) electrons. The van der Waals surface area contributed by atoms with E-state index in [-0.39, 0.29) is 18.4 Å². The number of amides is 2. The highest BCUT2D eigenvalue weighted by Gasteiger charge is 2.25. The minimum Gasteiger partial charge on any atom is -0.484 e. The normalized spacial score (nSPS) is 17.0. The zero-order chi connectivity index (χ0) is 21.5. The lowest BCUT2D eigenvalue weighted by Crippen LogP contribution is -2.51. The molecule has 0 aromatic heterocycles. The lowest BCUT2D eigenvalue weighted by molar-refractivity contribution is -0.140. The van der Waals surface area contributed by atoms with Crippen molar-refractivity contribution in [1.29, 1.82) is 0 Å². The maximum atomic E-state index is 12.5. The van der Waals surface area contributed by atoms with Crippen molar-refractivity contribution in [1.82, 2.24) is 9.80 Å². The minimum atomic E-state index is -0.0230. The fourth-order valence-corrected chi connectivity index (χ4v) is 4.60. The summed E-state index contributed by atoms with van der Waals surface area (Å²) in [5, 5.41) is 0. The molecule has 2 aromatic carbocycles. The monoisotopic (exact) mass is 420 g/mol. The maximum Gasteiger partial charge on any atom is 0.260 e. The molecule has 31 heavy (non-hydrogen) atoms. The lowest BCUT2D eigenvalue weighted by atomic mass is 10.0. The Morgan fingerprint density at radius 3 is 2.00 bits per heavy atom. The first-order valence-electron chi connectivity index (χ1n) is 11.5. The van der Waals surface area contributed by atoms with Crippen molar-refractivity contribution in [2.24, 2.45) is 5.92 Å². The SMILES string of the molecule is O=C(CCC1CCCC1)N1CCN(C(=O)COc2ccc(-c3ccccc3)cc2)CC1. The fourth-order valence-electron chi connectivity index (χ4n) is 4.60. The summed E-state index contributed by atoms with van der Waals surface area (Å²) < 4.78 is 5.71. The van der Waals surface area contributed by atoms with Gasteiger partial charge >= 0.3 is 0 Å². The Morgan fingerprint density at radius 1 is 0.774 bits per heavy atom. The van der Waals surface area contributed by atoms with Gasteiger partial charge in [-0.25, -0.2) is 0 Å². The van der Waals surface area contributed by atoms with Crippen LogP contribution in [0.4, 0.5) is 0 Å². The van der Waals surface area contributed by atoms with Crippen LogP contribution in [0, 0.1) is 5.92 Å². The average Bonchev–Trinajstić information content (AvgIpc) is 3.36. The molecule has 0 N–H and O–H groups in total. The highest BCUT2D eigenvalue weighted by Crippen LogP contribution is 2.28. The van der Waals surface area contributed by atoms with Crippen molar-refractivity contribution in [2.75, 3.05) is 32.8 Å². The molecule has 0 spiro atoms. The van der Waals surface area contributed by atoms with Gasteiger partial charge in [0.05, 0.1) is 0 Å². The van der Waals surface area contributed by atoms with Gasteiger partial charge in [-0.2, -0.15) is 0 Å². The van der Waals surface area contributed by atoms with Crippen LogP contribution in [0.25, 0.3) is 11.1 Å². The molecule has 1 heterocycles. The molecule has 2 fully saturated rings. The van der Waals surface area contributed by atoms with Crippen LogP contribution >= 0.6 is 0 Å². The molecule has 1 saturated carbocycles. The fraction of sp³-hybridized carbons (Fsp3) is 0.462. The van der Waals surface area contributed by atoms with Crippen LogP contribution in [0.5, 0.6) is 5.75 Å². The highest BCUT2D eigenvalue weighted by molar-refractivity contribution is 5.79. The van der Waals surface area contributed by atoms with E-state index in [4.69, 9.17) is 4.74 Å². The Labute approximate surface area is 185 Å². The Balaban J connectivity index is 1.18. The number of hydrogen-bond acceptors (Lipinski definition) is 3. The Bertz CT molecular complexity index is 852. The van der Waals surface area contributed by atoms with Gasteiger partial charge in [0.25, 0.3) is 5.91 Å². The van der Waals surface area contributed by atoms with Crippen LogP contribution in [0.1, 0.15) is 38.5 Å². The van der Waals surface area contributed by atoms with Crippen molar-refractivity contribution < 1.29 is 14.3 Å². The third-order valence-electron chi connectivity index (χ3n) is 6.55. The predicted octanol–water partition coefficient (Wildman–Crippen LogP) is 4.37. The van der Waals surface area contributed by atoms with Gasteiger partial charge in [-0.05, 0) is 35.6 Å². The summed E-state index contributed by atoms with van der Waals surface area (Å²) in [7, 11) is 0. The largest absolute Gasteiger partial charge is 0.484 e. The number of benzene rings is 2. The summed E-state index contributed by atoms with van der Waals surface area (Å²) in [4.78, 5) is 28.7. The van der Waals surface area contributed by atoms with E-state index in [0.717, 1.165) is 23.5 Å². The molecular formula is C26H32N2O3. The Morgan fingerprint density at radius 2 is 1.35 bits per heavy atom. The third kappa shape index (κ3) is 5.87. The summed E-state index contributed by atoms with van der Waals surface area (Å²) in [5.41, 5.74) is 2.27. The molecule has 164 valence electrons. The summed E-state index contributed by atoms with van der Waals surface area (Å²) >= 11 is 0. The molecular weight excluding hydrogens is 388 g/mol. The lowest BCUT2D eigenvalue weighted by Gasteiger charge is -2.35. The average molecular weight is 421 g/mol. The minimum absolute atomic E-state index is 0.0230. The molecule has 1 aliphatic heterocycles. The topological polar surface area (TPSA) is 49.9 Å². The number of ether oxygens (including phenoxy) is 1. The molecule has 2 amide bonds. The van der Waals surface area contributed by atoms with Gasteiger partial charge in [-0.15, -0.1) is 0 Å². The Kier molecular flexibility index (Phi) is 7.23. The molecule has 2 aromatic rings. The number of piperazine rings is 1. The predicted molar refractivity (Wildman–Crippen MR) is 122 cm³/mol. The van der Waals surface area contributed by atoms with Gasteiger partial charge in [-0.3, -0.25) is 9.59 Å². The first kappa shape index (κ1) is 21.4. The maximum absolute atomic E-state index is 12.5. The highest BCUT2D eigenvalue weighted by atomic mass is 16.5. The van der Waals surface area contributed by atoms with E-state index in [1.165, 1.54) is 25.7 Å². The second kappa shape index (κ2) is 10.5. The van der Waals surface area contributed by atoms with Crippen molar-refractivity contribution in [3.63, 3.8) is 0 Å². The van der Waals surface area contributed by atoms with Gasteiger partial charge in [0.1, 0.15) is 5.75 Å². The van der Waals surface area contributed by atoms with Crippen molar-refractivity contribution in [2.45, 2.75) is 38.5 Å². The van der Waals surface area contributed by atoms with Crippen LogP contribution in [0.15, 0.2) is 54.6 Å². The second-order valence-electron chi connectivity index (χ2n) is 8.63. The molecule has 4 rings (SSSR count). The van der Waals surface area contributed by atoms with E-state index >= 15 is 0 Å². The van der Waals surface area contributed by atoms with Gasteiger partial charge in [-0.1, -0.05) is 68.1 Å². The number of carbonyl (C=O) groups is 2. The smallest absolute Gasteiger partial charge is 0.260 e. The summed E-state index contributed by atoms with van der Waals surface area (Å²) in [6, 6.07) is 18.0. The molecule has 1 saturated heterocycles. The quantitative estimate of drug-likeness (QED) is 0.668. The van der Waals surface area contributed by atoms with Gasteiger partial charge in [0.2, 0.25) is 5.91 Å². The molecule has 2 aliphatic rings. The number of rotatable bonds is 7. The second-order valence-corrected chi connectivity index (χ2v) is 8.63. The molecule has 5 heteroatoms. The van der Waals surface area contributed by atoms with Crippen LogP contribution in [0.3, 0.4) is 0 Å². The van der Waals surface area contributed by atoms with Gasteiger partial charge in [0.15, 0.2) is 6.61 Å². The Hall–Kier alpha value is -2.82. The van der Waals surface area contributed by atoms with E-state index in [9.17, 15) is 9.59 Å². The zero-order valence-electron chi connectivity index (χ0n) is 18.2. The summed E-state index contributed by atoms with van der Waals surface area (Å²) in [6.07, 6.45) is 6.88. The molecule has 0 atom stereocenters. The van der Waals surface area contributed by atoms with E-state index in [2.05, 4.69) is 12.1 Å². The molecule has 0 unspecified atom stereocenters. The molecule has 5 nitrogen and oxygen atoms in total. The molecule has 1 aliphatic carbocycles. The standard InChI is InChI=1S/C26H32N2O3/c29-25(15-10-21-6-4-5-7-21)27-16-18-28(19-17-27)26(30)20-31-24-13-11-23(12-14-24)22-8-2-1-3-9-22/h1-3,8-9,11-14,21H,4-7,10,15-20H2. The first-order valence-corrected chi connectivity index (χ1v) is 11.5. The number of hydrogen-bond donors (Lipinski definition) is 0. The van der Waals surface area contributed by atoms with Crippen molar-refractivity contribution in [3.8, 4) is 16.9 Å². The molecule has 0 bridgehead atoms. The van der Waals surface area contributed by atoms with Crippen LogP contribution in [-0.2, 0) is 9.59 Å². The van der Waals surface area contributed by atoms with Gasteiger partial charge < -0.3 is 14.5 Å². The summed E-state index contributed by atoms with van der Waals surface area (Å²) in [5.74, 6) is 1.65. The summed E-state index contributed by atoms with van der Waals surface area (Å²) in [6.45, 7) is 2.46. The van der Waals surface area contributed by atoms with E-state index in [1.807, 2.05) is 47.4 Å². The van der Waals surface area contributed by atoms with Crippen LogP contribution in [-0.4, -0.2) is 54.4 Å². The number of nitrogens with zero attached hydrogens (tertiary/aromatic N) is 2. The van der Waals surface area contributed by atoms with E-state index < -0.39 is 0 Å². The van der Waals surface area contributed by atoms with Gasteiger partial charge in [0, 0.05) is 32.6 Å². The van der Waals surface area contributed by atoms with Crippen LogP contribution < -0.4 is 4.74 Å². The third-order valence-corrected chi connectivity index (χ3v) is 6.55. The van der Waals surface area contributed by atoms with Crippen molar-refractivity contribution in [3.05, 3.63) is 54.6 Å². The van der Waals surface area contributed by atoms with Crippen molar-refractivity contribution >= 4 is 11.8 Å².